The van der Waals surface area contributed by atoms with Gasteiger partial charge in [-0.25, -0.2) is 0 Å². The normalized spacial score (nSPS) is 17.9. The molecule has 1 heterocycles. The molecule has 1 aliphatic rings. The lowest BCUT2D eigenvalue weighted by Gasteiger charge is -2.31. The Bertz CT molecular complexity index is 246. The van der Waals surface area contributed by atoms with E-state index in [1.54, 1.807) is 0 Å². The molecule has 1 aliphatic heterocycles. The molecule has 1 rings (SSSR count). The molecule has 0 radical (unpaired) electrons. The van der Waals surface area contributed by atoms with Crippen molar-refractivity contribution in [3.8, 4) is 0 Å². The molecule has 1 N–H and O–H groups in total. The monoisotopic (exact) mass is 266 g/mol. The van der Waals surface area contributed by atoms with Crippen LogP contribution in [0.1, 0.15) is 59.8 Å². The van der Waals surface area contributed by atoms with Gasteiger partial charge in [0.1, 0.15) is 0 Å². The van der Waals surface area contributed by atoms with E-state index in [1.807, 2.05) is 0 Å². The summed E-state index contributed by atoms with van der Waals surface area (Å²) in [5.74, 6) is 0.860. The van der Waals surface area contributed by atoms with Gasteiger partial charge in [0, 0.05) is 12.6 Å². The molecule has 0 bridgehead atoms. The van der Waals surface area contributed by atoms with Gasteiger partial charge in [0.05, 0.1) is 0 Å². The summed E-state index contributed by atoms with van der Waals surface area (Å²) < 4.78 is 0. The second-order valence-electron chi connectivity index (χ2n) is 6.70. The van der Waals surface area contributed by atoms with Crippen molar-refractivity contribution in [3.05, 3.63) is 11.6 Å². The predicted molar refractivity (Wildman–Crippen MR) is 85.6 cm³/mol. The van der Waals surface area contributed by atoms with Gasteiger partial charge >= 0.3 is 0 Å². The first-order valence-electron chi connectivity index (χ1n) is 8.17. The summed E-state index contributed by atoms with van der Waals surface area (Å²) >= 11 is 0. The molecule has 0 aromatic heterocycles. The van der Waals surface area contributed by atoms with E-state index in [4.69, 9.17) is 0 Å². The maximum atomic E-state index is 3.74. The Hall–Kier alpha value is -0.340. The maximum absolute atomic E-state index is 3.74. The first kappa shape index (κ1) is 16.7. The number of rotatable bonds is 8. The molecule has 0 amide bonds. The number of hydrogen-bond donors (Lipinski definition) is 1. The van der Waals surface area contributed by atoms with Gasteiger partial charge in [-0.15, -0.1) is 0 Å². The molecule has 0 saturated carbocycles. The molecule has 2 nitrogen and oxygen atoms in total. The van der Waals surface area contributed by atoms with E-state index in [9.17, 15) is 0 Å². The molecular weight excluding hydrogens is 232 g/mol. The summed E-state index contributed by atoms with van der Waals surface area (Å²) in [5.41, 5.74) is 1.44. The zero-order chi connectivity index (χ0) is 14.1. The van der Waals surface area contributed by atoms with Crippen LogP contribution < -0.4 is 5.32 Å². The molecule has 0 aromatic carbocycles. The largest absolute Gasteiger partial charge is 0.314 e. The maximum Gasteiger partial charge on any atom is 0.0165 e. The summed E-state index contributed by atoms with van der Waals surface area (Å²) in [6.07, 6.45) is 9.09. The molecule has 0 aliphatic carbocycles. The van der Waals surface area contributed by atoms with Crippen LogP contribution in [0.25, 0.3) is 0 Å². The average molecular weight is 266 g/mol. The number of nitrogens with zero attached hydrogens (tertiary/aromatic N) is 1. The van der Waals surface area contributed by atoms with Crippen LogP contribution in [0.3, 0.4) is 0 Å². The molecule has 0 atom stereocenters. The van der Waals surface area contributed by atoms with Gasteiger partial charge in [0.15, 0.2) is 0 Å². The highest BCUT2D eigenvalue weighted by Crippen LogP contribution is 2.11. The number of unbranched alkanes of at least 4 members (excludes halogenated alkanes) is 1. The number of allylic oxidation sites excluding steroid dienone is 1. The van der Waals surface area contributed by atoms with Crippen molar-refractivity contribution in [3.63, 3.8) is 0 Å². The van der Waals surface area contributed by atoms with Crippen LogP contribution in [0.15, 0.2) is 11.6 Å². The van der Waals surface area contributed by atoms with Crippen LogP contribution in [0.2, 0.25) is 0 Å². The van der Waals surface area contributed by atoms with Gasteiger partial charge in [-0.1, -0.05) is 38.3 Å². The van der Waals surface area contributed by atoms with Crippen molar-refractivity contribution in [2.75, 3.05) is 26.2 Å². The van der Waals surface area contributed by atoms with Crippen molar-refractivity contribution >= 4 is 0 Å². The third kappa shape index (κ3) is 8.43. The Morgan fingerprint density at radius 3 is 2.47 bits per heavy atom. The lowest BCUT2D eigenvalue weighted by molar-refractivity contribution is 0.214. The molecule has 2 heteroatoms. The second kappa shape index (κ2) is 9.55. The molecule has 1 fully saturated rings. The third-order valence-electron chi connectivity index (χ3n) is 3.99. The van der Waals surface area contributed by atoms with Gasteiger partial charge < -0.3 is 5.32 Å². The first-order chi connectivity index (χ1) is 9.08. The van der Waals surface area contributed by atoms with E-state index in [1.165, 1.54) is 57.3 Å². The van der Waals surface area contributed by atoms with Gasteiger partial charge in [0.2, 0.25) is 0 Å². The molecule has 19 heavy (non-hydrogen) atoms. The van der Waals surface area contributed by atoms with E-state index >= 15 is 0 Å². The molecule has 0 spiro atoms. The fourth-order valence-corrected chi connectivity index (χ4v) is 2.62. The highest BCUT2D eigenvalue weighted by atomic mass is 15.1. The lowest BCUT2D eigenvalue weighted by Crippen LogP contribution is -2.42. The minimum absolute atomic E-state index is 0.766. The van der Waals surface area contributed by atoms with Crippen LogP contribution in [0, 0.1) is 5.92 Å². The molecule has 112 valence electrons. The van der Waals surface area contributed by atoms with E-state index in [2.05, 4.69) is 44.0 Å². The van der Waals surface area contributed by atoms with Crippen molar-refractivity contribution in [1.29, 1.82) is 0 Å². The Balaban J connectivity index is 2.02. The Morgan fingerprint density at radius 1 is 1.21 bits per heavy atom. The van der Waals surface area contributed by atoms with Crippen molar-refractivity contribution in [2.45, 2.75) is 65.8 Å². The minimum Gasteiger partial charge on any atom is -0.314 e. The fourth-order valence-electron chi connectivity index (χ4n) is 2.62. The van der Waals surface area contributed by atoms with Gasteiger partial charge in [-0.2, -0.15) is 0 Å². The zero-order valence-electron chi connectivity index (χ0n) is 13.5. The number of likely N-dealkylation sites (tertiary alicyclic amines) is 1. The molecule has 1 saturated heterocycles. The van der Waals surface area contributed by atoms with Gasteiger partial charge in [-0.05, 0) is 58.7 Å². The Kier molecular flexibility index (Phi) is 8.40. The average Bonchev–Trinajstić information content (AvgIpc) is 2.37. The first-order valence-corrected chi connectivity index (χ1v) is 8.17. The fraction of sp³-hybridized carbons (Fsp3) is 0.882. The van der Waals surface area contributed by atoms with E-state index in [0.29, 0.717) is 0 Å². The van der Waals surface area contributed by atoms with Gasteiger partial charge in [0.25, 0.3) is 0 Å². The predicted octanol–water partition coefficient (Wildman–Crippen LogP) is 3.83. The SMILES string of the molecule is CC(C)=CCN1CCC(NCCCCC(C)C)CC1. The Labute approximate surface area is 120 Å². The topological polar surface area (TPSA) is 15.3 Å². The summed E-state index contributed by atoms with van der Waals surface area (Å²) in [7, 11) is 0. The number of piperidine rings is 1. The number of nitrogens with one attached hydrogen (secondary N) is 1. The molecular formula is C17H34N2. The summed E-state index contributed by atoms with van der Waals surface area (Å²) in [6.45, 7) is 13.9. The minimum atomic E-state index is 0.766. The van der Waals surface area contributed by atoms with Crippen molar-refractivity contribution in [2.24, 2.45) is 5.92 Å². The van der Waals surface area contributed by atoms with Crippen LogP contribution in [0.5, 0.6) is 0 Å². The van der Waals surface area contributed by atoms with Gasteiger partial charge in [-0.3, -0.25) is 4.90 Å². The summed E-state index contributed by atoms with van der Waals surface area (Å²) in [6, 6.07) is 0.766. The second-order valence-corrected chi connectivity index (χ2v) is 6.70. The van der Waals surface area contributed by atoms with Crippen LogP contribution in [0.4, 0.5) is 0 Å². The van der Waals surface area contributed by atoms with E-state index in [-0.39, 0.29) is 0 Å². The lowest BCUT2D eigenvalue weighted by atomic mass is 10.0. The quantitative estimate of drug-likeness (QED) is 0.530. The van der Waals surface area contributed by atoms with Crippen molar-refractivity contribution in [1.82, 2.24) is 10.2 Å². The summed E-state index contributed by atoms with van der Waals surface area (Å²) in [4.78, 5) is 2.57. The number of hydrogen-bond acceptors (Lipinski definition) is 2. The third-order valence-corrected chi connectivity index (χ3v) is 3.99. The van der Waals surface area contributed by atoms with Crippen LogP contribution in [-0.2, 0) is 0 Å². The Morgan fingerprint density at radius 2 is 1.89 bits per heavy atom. The highest BCUT2D eigenvalue weighted by molar-refractivity contribution is 4.95. The van der Waals surface area contributed by atoms with Crippen LogP contribution >= 0.6 is 0 Å². The summed E-state index contributed by atoms with van der Waals surface area (Å²) in [5, 5.41) is 3.74. The van der Waals surface area contributed by atoms with Crippen LogP contribution in [-0.4, -0.2) is 37.1 Å². The standard InChI is InChI=1S/C17H34N2/c1-15(2)7-5-6-11-18-17-9-13-19(14-10-17)12-8-16(3)4/h8,15,17-18H,5-7,9-14H2,1-4H3. The smallest absolute Gasteiger partial charge is 0.0165 e. The highest BCUT2D eigenvalue weighted by Gasteiger charge is 2.17. The van der Waals surface area contributed by atoms with E-state index < -0.39 is 0 Å². The molecule has 0 aromatic rings. The zero-order valence-corrected chi connectivity index (χ0v) is 13.5. The molecule has 0 unspecified atom stereocenters. The van der Waals surface area contributed by atoms with E-state index in [0.717, 1.165) is 18.5 Å². The van der Waals surface area contributed by atoms with Crippen molar-refractivity contribution < 1.29 is 0 Å².